The molecule has 4 fully saturated rings. The van der Waals surface area contributed by atoms with Crippen molar-refractivity contribution < 1.29 is 24.1 Å². The SMILES string of the molecule is CCOCOC12CC3CC(O)(C1)CC(OC(=O)C(C)(C)CC)(C3)C2. The molecule has 1 N–H and O–H groups in total. The number of ether oxygens (including phenoxy) is 3. The standard InChI is InChI=1S/C19H32O5/c1-5-16(3,4)15(20)24-19-9-14-7-17(21,11-19)10-18(8-14,12-19)23-13-22-6-2/h14,21H,5-13H2,1-4H3. The van der Waals surface area contributed by atoms with E-state index in [2.05, 4.69) is 0 Å². The summed E-state index contributed by atoms with van der Waals surface area (Å²) in [7, 11) is 0. The molecule has 5 heteroatoms. The minimum absolute atomic E-state index is 0.157. The Labute approximate surface area is 145 Å². The van der Waals surface area contributed by atoms with Crippen LogP contribution in [0.4, 0.5) is 0 Å². The molecule has 5 nitrogen and oxygen atoms in total. The van der Waals surface area contributed by atoms with Crippen LogP contribution in [-0.4, -0.2) is 41.3 Å². The summed E-state index contributed by atoms with van der Waals surface area (Å²) < 4.78 is 17.6. The van der Waals surface area contributed by atoms with Gasteiger partial charge in [-0.15, -0.1) is 0 Å². The Kier molecular flexibility index (Phi) is 4.51. The lowest BCUT2D eigenvalue weighted by Gasteiger charge is -2.63. The maximum absolute atomic E-state index is 12.7. The molecule has 4 saturated carbocycles. The topological polar surface area (TPSA) is 65.0 Å². The van der Waals surface area contributed by atoms with Gasteiger partial charge in [0.15, 0.2) is 0 Å². The Balaban J connectivity index is 1.80. The van der Waals surface area contributed by atoms with E-state index in [1.165, 1.54) is 0 Å². The number of hydrogen-bond acceptors (Lipinski definition) is 5. The van der Waals surface area contributed by atoms with Gasteiger partial charge < -0.3 is 19.3 Å². The zero-order chi connectivity index (χ0) is 17.6. The third-order valence-electron chi connectivity index (χ3n) is 6.34. The molecule has 138 valence electrons. The van der Waals surface area contributed by atoms with Crippen molar-refractivity contribution in [2.45, 2.75) is 89.4 Å². The summed E-state index contributed by atoms with van der Waals surface area (Å²) in [4.78, 5) is 12.7. The minimum Gasteiger partial charge on any atom is -0.458 e. The lowest BCUT2D eigenvalue weighted by atomic mass is 9.50. The third-order valence-corrected chi connectivity index (χ3v) is 6.34. The van der Waals surface area contributed by atoms with Crippen LogP contribution in [0, 0.1) is 11.3 Å². The summed E-state index contributed by atoms with van der Waals surface area (Å²) >= 11 is 0. The van der Waals surface area contributed by atoms with Crippen molar-refractivity contribution in [3.63, 3.8) is 0 Å². The highest BCUT2D eigenvalue weighted by Crippen LogP contribution is 2.62. The molecule has 0 aromatic carbocycles. The molecule has 0 aliphatic heterocycles. The van der Waals surface area contributed by atoms with Gasteiger partial charge in [-0.1, -0.05) is 6.92 Å². The summed E-state index contributed by atoms with van der Waals surface area (Å²) in [6, 6.07) is 0. The van der Waals surface area contributed by atoms with Crippen LogP contribution in [0.1, 0.15) is 72.6 Å². The van der Waals surface area contributed by atoms with Gasteiger partial charge in [-0.05, 0) is 52.4 Å². The summed E-state index contributed by atoms with van der Waals surface area (Å²) in [5, 5.41) is 11.1. The molecule has 4 unspecified atom stereocenters. The molecule has 0 saturated heterocycles. The summed E-state index contributed by atoms with van der Waals surface area (Å²) in [5.74, 6) is 0.195. The first-order valence-corrected chi connectivity index (χ1v) is 9.33. The highest BCUT2D eigenvalue weighted by molar-refractivity contribution is 5.76. The largest absolute Gasteiger partial charge is 0.458 e. The maximum Gasteiger partial charge on any atom is 0.312 e. The molecule has 0 aromatic rings. The van der Waals surface area contributed by atoms with Crippen LogP contribution in [0.15, 0.2) is 0 Å². The Morgan fingerprint density at radius 2 is 1.79 bits per heavy atom. The lowest BCUT2D eigenvalue weighted by molar-refractivity contribution is -0.290. The van der Waals surface area contributed by atoms with Crippen LogP contribution in [0.2, 0.25) is 0 Å². The lowest BCUT2D eigenvalue weighted by Crippen LogP contribution is -2.68. The van der Waals surface area contributed by atoms with Crippen molar-refractivity contribution in [1.29, 1.82) is 0 Å². The molecular formula is C19H32O5. The van der Waals surface area contributed by atoms with Crippen molar-refractivity contribution in [3.05, 3.63) is 0 Å². The van der Waals surface area contributed by atoms with Gasteiger partial charge in [-0.2, -0.15) is 0 Å². The predicted molar refractivity (Wildman–Crippen MR) is 89.3 cm³/mol. The van der Waals surface area contributed by atoms with E-state index in [0.29, 0.717) is 31.8 Å². The van der Waals surface area contributed by atoms with Crippen molar-refractivity contribution in [1.82, 2.24) is 0 Å². The fraction of sp³-hybridized carbons (Fsp3) is 0.947. The van der Waals surface area contributed by atoms with E-state index in [9.17, 15) is 9.90 Å². The van der Waals surface area contributed by atoms with Crippen LogP contribution in [0.25, 0.3) is 0 Å². The minimum atomic E-state index is -0.776. The van der Waals surface area contributed by atoms with E-state index >= 15 is 0 Å². The molecular weight excluding hydrogens is 308 g/mol. The van der Waals surface area contributed by atoms with Gasteiger partial charge in [-0.25, -0.2) is 0 Å². The molecule has 4 bridgehead atoms. The Morgan fingerprint density at radius 1 is 1.12 bits per heavy atom. The van der Waals surface area contributed by atoms with E-state index in [-0.39, 0.29) is 12.8 Å². The third kappa shape index (κ3) is 3.23. The van der Waals surface area contributed by atoms with Gasteiger partial charge in [0, 0.05) is 25.9 Å². The van der Waals surface area contributed by atoms with Crippen molar-refractivity contribution >= 4 is 5.97 Å². The van der Waals surface area contributed by atoms with Gasteiger partial charge in [0.2, 0.25) is 0 Å². The van der Waals surface area contributed by atoms with Gasteiger partial charge >= 0.3 is 5.97 Å². The Hall–Kier alpha value is -0.650. The van der Waals surface area contributed by atoms with Crippen molar-refractivity contribution in [2.24, 2.45) is 11.3 Å². The number of esters is 1. The van der Waals surface area contributed by atoms with Crippen LogP contribution >= 0.6 is 0 Å². The predicted octanol–water partition coefficient (Wildman–Crippen LogP) is 3.18. The fourth-order valence-corrected chi connectivity index (χ4v) is 5.22. The number of rotatable bonds is 7. The quantitative estimate of drug-likeness (QED) is 0.438. The first-order valence-electron chi connectivity index (χ1n) is 9.33. The first-order chi connectivity index (χ1) is 11.2. The molecule has 0 spiro atoms. The smallest absolute Gasteiger partial charge is 0.312 e. The Morgan fingerprint density at radius 3 is 2.42 bits per heavy atom. The van der Waals surface area contributed by atoms with Gasteiger partial charge in [0.25, 0.3) is 0 Å². The van der Waals surface area contributed by atoms with Gasteiger partial charge in [0.05, 0.1) is 16.6 Å². The van der Waals surface area contributed by atoms with Crippen molar-refractivity contribution in [3.8, 4) is 0 Å². The fourth-order valence-electron chi connectivity index (χ4n) is 5.22. The second-order valence-corrected chi connectivity index (χ2v) is 8.98. The Bertz CT molecular complexity index is 504. The normalized spacial score (nSPS) is 40.8. The van der Waals surface area contributed by atoms with Gasteiger partial charge in [0.1, 0.15) is 12.4 Å². The van der Waals surface area contributed by atoms with E-state index in [1.54, 1.807) is 0 Å². The molecule has 4 aliphatic rings. The van der Waals surface area contributed by atoms with Crippen molar-refractivity contribution in [2.75, 3.05) is 13.4 Å². The second-order valence-electron chi connectivity index (χ2n) is 8.98. The van der Waals surface area contributed by atoms with Crippen LogP contribution in [0.3, 0.4) is 0 Å². The molecule has 0 aromatic heterocycles. The number of hydrogen-bond donors (Lipinski definition) is 1. The number of carbonyl (C=O) groups excluding carboxylic acids is 1. The zero-order valence-electron chi connectivity index (χ0n) is 15.5. The van der Waals surface area contributed by atoms with E-state index in [1.807, 2.05) is 27.7 Å². The highest BCUT2D eigenvalue weighted by atomic mass is 16.7. The van der Waals surface area contributed by atoms with E-state index < -0.39 is 22.2 Å². The average Bonchev–Trinajstić information content (AvgIpc) is 2.44. The molecule has 0 amide bonds. The molecule has 24 heavy (non-hydrogen) atoms. The number of aliphatic hydroxyl groups is 1. The van der Waals surface area contributed by atoms with Crippen LogP contribution < -0.4 is 0 Å². The molecule has 0 radical (unpaired) electrons. The first kappa shape index (κ1) is 18.2. The molecule has 4 rings (SSSR count). The summed E-state index contributed by atoms with van der Waals surface area (Å²) in [6.45, 7) is 8.63. The van der Waals surface area contributed by atoms with Gasteiger partial charge in [-0.3, -0.25) is 4.79 Å². The number of carbonyl (C=O) groups is 1. The monoisotopic (exact) mass is 340 g/mol. The van der Waals surface area contributed by atoms with E-state index in [0.717, 1.165) is 25.7 Å². The molecule has 4 atom stereocenters. The maximum atomic E-state index is 12.7. The highest BCUT2D eigenvalue weighted by Gasteiger charge is 2.65. The average molecular weight is 340 g/mol. The summed E-state index contributed by atoms with van der Waals surface area (Å²) in [6.07, 6.45) is 5.16. The van der Waals surface area contributed by atoms with Crippen LogP contribution in [-0.2, 0) is 19.0 Å². The molecule has 0 heterocycles. The zero-order valence-corrected chi connectivity index (χ0v) is 15.5. The molecule has 4 aliphatic carbocycles. The van der Waals surface area contributed by atoms with E-state index in [4.69, 9.17) is 14.2 Å². The van der Waals surface area contributed by atoms with Crippen LogP contribution in [0.5, 0.6) is 0 Å². The summed E-state index contributed by atoms with van der Waals surface area (Å²) in [5.41, 5.74) is -2.27. The second kappa shape index (κ2) is 5.96.